The first-order valence-corrected chi connectivity index (χ1v) is 7.49. The molecule has 0 spiro atoms. The highest BCUT2D eigenvalue weighted by atomic mass is 32.2. The lowest BCUT2D eigenvalue weighted by Gasteiger charge is -2.38. The summed E-state index contributed by atoms with van der Waals surface area (Å²) in [5.41, 5.74) is 0. The first-order chi connectivity index (χ1) is 8.01. The lowest BCUT2D eigenvalue weighted by molar-refractivity contribution is -0.147. The molecule has 1 saturated heterocycles. The van der Waals surface area contributed by atoms with Gasteiger partial charge >= 0.3 is 0 Å². The van der Waals surface area contributed by atoms with Gasteiger partial charge in [-0.25, -0.2) is 0 Å². The molecule has 0 bridgehead atoms. The lowest BCUT2D eigenvalue weighted by Crippen LogP contribution is -2.62. The number of nitrogens with one attached hydrogen (secondary N) is 1. The van der Waals surface area contributed by atoms with Crippen molar-refractivity contribution >= 4 is 23.6 Å². The molecule has 0 aromatic heterocycles. The summed E-state index contributed by atoms with van der Waals surface area (Å²) in [7, 11) is 0. The summed E-state index contributed by atoms with van der Waals surface area (Å²) >= 11 is 1.72. The third kappa shape index (κ3) is 3.37. The van der Waals surface area contributed by atoms with E-state index in [2.05, 4.69) is 12.2 Å². The second-order valence-electron chi connectivity index (χ2n) is 4.77. The second-order valence-corrected chi connectivity index (χ2v) is 5.68. The average molecular weight is 258 g/mol. The molecule has 17 heavy (non-hydrogen) atoms. The summed E-state index contributed by atoms with van der Waals surface area (Å²) in [6, 6.07) is -0.183. The first-order valence-electron chi connectivity index (χ1n) is 6.10. The molecule has 1 aliphatic heterocycles. The molecule has 0 aromatic carbocycles. The van der Waals surface area contributed by atoms with Crippen molar-refractivity contribution in [2.24, 2.45) is 5.92 Å². The van der Waals surface area contributed by atoms with Crippen LogP contribution in [-0.2, 0) is 9.59 Å². The summed E-state index contributed by atoms with van der Waals surface area (Å²) in [5, 5.41) is 2.78. The molecule has 1 fully saturated rings. The van der Waals surface area contributed by atoms with Gasteiger partial charge in [0.2, 0.25) is 11.8 Å². The summed E-state index contributed by atoms with van der Waals surface area (Å²) in [6.07, 6.45) is 2.92. The van der Waals surface area contributed by atoms with Gasteiger partial charge in [-0.3, -0.25) is 9.59 Å². The molecule has 4 nitrogen and oxygen atoms in total. The van der Waals surface area contributed by atoms with Crippen molar-refractivity contribution in [1.82, 2.24) is 10.2 Å². The zero-order valence-corrected chi connectivity index (χ0v) is 11.8. The quantitative estimate of drug-likeness (QED) is 0.803. The standard InChI is InChI=1S/C12H22N2O2S/c1-5-9(7-17-4)14-6-10(15)13-11(8(2)3)12(14)16/h8-9,11H,5-7H2,1-4H3,(H,13,15). The Morgan fingerprint density at radius 1 is 1.47 bits per heavy atom. The van der Waals surface area contributed by atoms with E-state index >= 15 is 0 Å². The van der Waals surface area contributed by atoms with Crippen molar-refractivity contribution in [1.29, 1.82) is 0 Å². The van der Waals surface area contributed by atoms with Crippen molar-refractivity contribution in [3.63, 3.8) is 0 Å². The molecule has 0 saturated carbocycles. The van der Waals surface area contributed by atoms with Gasteiger partial charge in [-0.1, -0.05) is 20.8 Å². The van der Waals surface area contributed by atoms with Crippen LogP contribution in [0.1, 0.15) is 27.2 Å². The topological polar surface area (TPSA) is 49.4 Å². The van der Waals surface area contributed by atoms with Gasteiger partial charge in [0.1, 0.15) is 6.04 Å². The fraction of sp³-hybridized carbons (Fsp3) is 0.833. The molecule has 5 heteroatoms. The Hall–Kier alpha value is -0.710. The van der Waals surface area contributed by atoms with Crippen LogP contribution in [0.2, 0.25) is 0 Å². The largest absolute Gasteiger partial charge is 0.343 e. The molecule has 0 aliphatic carbocycles. The van der Waals surface area contributed by atoms with Crippen molar-refractivity contribution in [2.75, 3.05) is 18.6 Å². The van der Waals surface area contributed by atoms with Crippen LogP contribution in [-0.4, -0.2) is 47.4 Å². The molecule has 1 heterocycles. The third-order valence-corrected chi connectivity index (χ3v) is 3.84. The van der Waals surface area contributed by atoms with E-state index in [4.69, 9.17) is 0 Å². The highest BCUT2D eigenvalue weighted by Crippen LogP contribution is 2.17. The highest BCUT2D eigenvalue weighted by molar-refractivity contribution is 7.98. The zero-order valence-electron chi connectivity index (χ0n) is 11.0. The van der Waals surface area contributed by atoms with Gasteiger partial charge < -0.3 is 10.2 Å². The molecule has 1 N–H and O–H groups in total. The van der Waals surface area contributed by atoms with Crippen LogP contribution < -0.4 is 5.32 Å². The van der Waals surface area contributed by atoms with Crippen molar-refractivity contribution < 1.29 is 9.59 Å². The van der Waals surface area contributed by atoms with E-state index in [0.29, 0.717) is 0 Å². The summed E-state index contributed by atoms with van der Waals surface area (Å²) in [5.74, 6) is 1.06. The second kappa shape index (κ2) is 6.28. The number of hydrogen-bond donors (Lipinski definition) is 1. The Morgan fingerprint density at radius 2 is 2.12 bits per heavy atom. The predicted molar refractivity (Wildman–Crippen MR) is 70.9 cm³/mol. The van der Waals surface area contributed by atoms with Crippen LogP contribution in [0.4, 0.5) is 0 Å². The molecule has 2 atom stereocenters. The van der Waals surface area contributed by atoms with Gasteiger partial charge in [0.15, 0.2) is 0 Å². The Morgan fingerprint density at radius 3 is 2.59 bits per heavy atom. The van der Waals surface area contributed by atoms with Crippen LogP contribution in [0, 0.1) is 5.92 Å². The summed E-state index contributed by atoms with van der Waals surface area (Å²) in [6.45, 7) is 6.19. The molecule has 0 radical (unpaired) electrons. The third-order valence-electron chi connectivity index (χ3n) is 3.12. The van der Waals surface area contributed by atoms with Crippen LogP contribution in [0.15, 0.2) is 0 Å². The molecule has 2 unspecified atom stereocenters. The highest BCUT2D eigenvalue weighted by Gasteiger charge is 2.37. The first kappa shape index (κ1) is 14.4. The zero-order chi connectivity index (χ0) is 13.0. The van der Waals surface area contributed by atoms with Crippen LogP contribution in [0.5, 0.6) is 0 Å². The van der Waals surface area contributed by atoms with E-state index in [1.54, 1.807) is 16.7 Å². The number of amides is 2. The molecular weight excluding hydrogens is 236 g/mol. The number of carbonyl (C=O) groups is 2. The van der Waals surface area contributed by atoms with E-state index in [0.717, 1.165) is 12.2 Å². The van der Waals surface area contributed by atoms with Gasteiger partial charge in [0.25, 0.3) is 0 Å². The van der Waals surface area contributed by atoms with Gasteiger partial charge in [0.05, 0.1) is 6.54 Å². The minimum atomic E-state index is -0.354. The molecule has 1 rings (SSSR count). The summed E-state index contributed by atoms with van der Waals surface area (Å²) in [4.78, 5) is 25.7. The van der Waals surface area contributed by atoms with Crippen LogP contribution in [0.3, 0.4) is 0 Å². The van der Waals surface area contributed by atoms with Crippen LogP contribution in [0.25, 0.3) is 0 Å². The number of rotatable bonds is 5. The fourth-order valence-electron chi connectivity index (χ4n) is 2.07. The maximum absolute atomic E-state index is 12.3. The molecule has 1 aliphatic rings. The van der Waals surface area contributed by atoms with Gasteiger partial charge in [0, 0.05) is 11.8 Å². The molecule has 0 aromatic rings. The lowest BCUT2D eigenvalue weighted by atomic mass is 9.99. The van der Waals surface area contributed by atoms with Crippen LogP contribution >= 0.6 is 11.8 Å². The smallest absolute Gasteiger partial charge is 0.246 e. The van der Waals surface area contributed by atoms with Gasteiger partial charge in [-0.15, -0.1) is 0 Å². The fourth-order valence-corrected chi connectivity index (χ4v) is 2.87. The monoisotopic (exact) mass is 258 g/mol. The SMILES string of the molecule is CCC(CSC)N1CC(=O)NC(C(C)C)C1=O. The van der Waals surface area contributed by atoms with E-state index in [9.17, 15) is 9.59 Å². The van der Waals surface area contributed by atoms with Gasteiger partial charge in [-0.2, -0.15) is 11.8 Å². The normalized spacial score (nSPS) is 22.9. The minimum Gasteiger partial charge on any atom is -0.343 e. The number of piperazine rings is 1. The van der Waals surface area contributed by atoms with Crippen molar-refractivity contribution in [3.05, 3.63) is 0 Å². The molecular formula is C12H22N2O2S. The maximum Gasteiger partial charge on any atom is 0.246 e. The number of thioether (sulfide) groups is 1. The number of nitrogens with zero attached hydrogens (tertiary/aromatic N) is 1. The molecule has 98 valence electrons. The number of hydrogen-bond acceptors (Lipinski definition) is 3. The summed E-state index contributed by atoms with van der Waals surface area (Å²) < 4.78 is 0. The van der Waals surface area contributed by atoms with E-state index < -0.39 is 0 Å². The van der Waals surface area contributed by atoms with E-state index in [1.165, 1.54) is 0 Å². The Bertz CT molecular complexity index is 294. The minimum absolute atomic E-state index is 0.0390. The van der Waals surface area contributed by atoms with Crippen molar-refractivity contribution in [3.8, 4) is 0 Å². The Kier molecular flexibility index (Phi) is 5.31. The average Bonchev–Trinajstić information content (AvgIpc) is 2.28. The molecule has 2 amide bonds. The Labute approximate surface area is 108 Å². The van der Waals surface area contributed by atoms with Crippen molar-refractivity contribution in [2.45, 2.75) is 39.3 Å². The Balaban J connectivity index is 2.82. The maximum atomic E-state index is 12.3. The van der Waals surface area contributed by atoms with E-state index in [1.807, 2.05) is 20.1 Å². The van der Waals surface area contributed by atoms with Gasteiger partial charge in [-0.05, 0) is 18.6 Å². The number of carbonyl (C=O) groups excluding carboxylic acids is 2. The van der Waals surface area contributed by atoms with E-state index in [-0.39, 0.29) is 36.4 Å². The predicted octanol–water partition coefficient (Wildman–Crippen LogP) is 1.11.